The van der Waals surface area contributed by atoms with Crippen molar-refractivity contribution in [2.45, 2.75) is 335 Å². The van der Waals surface area contributed by atoms with E-state index in [-0.39, 0.29) is 139 Å². The molecule has 0 radical (unpaired) electrons. The highest BCUT2D eigenvalue weighted by atomic mass is 19.3. The summed E-state index contributed by atoms with van der Waals surface area (Å²) in [5.74, 6) is -9.42. The number of rotatable bonds is 16. The molecular weight excluding hydrogens is 1770 g/mol. The highest BCUT2D eigenvalue weighted by Crippen LogP contribution is 2.44. The number of amides is 3. The van der Waals surface area contributed by atoms with E-state index < -0.39 is 101 Å². The number of carbonyl (C=O) groups excluding carboxylic acids is 3. The molecule has 0 spiro atoms. The molecule has 0 bridgehead atoms. The normalized spacial score (nSPS) is 21.2. The number of aryl methyl sites for hydroxylation is 8. The van der Waals surface area contributed by atoms with Crippen LogP contribution >= 0.6 is 0 Å². The molecule has 4 aliphatic heterocycles. The van der Waals surface area contributed by atoms with Crippen molar-refractivity contribution in [3.8, 4) is 23.8 Å². The zero-order valence-corrected chi connectivity index (χ0v) is 80.1. The zero-order valence-electron chi connectivity index (χ0n) is 80.1. The second kappa shape index (κ2) is 42.2. The maximum Gasteiger partial charge on any atom is 0.416 e. The van der Waals surface area contributed by atoms with Gasteiger partial charge in [-0.2, -0.15) is 40.3 Å². The minimum absolute atomic E-state index is 0.0211. The number of hydrogen-bond acceptors (Lipinski definition) is 24. The van der Waals surface area contributed by atoms with Crippen molar-refractivity contribution in [3.05, 3.63) is 129 Å². The van der Waals surface area contributed by atoms with Crippen molar-refractivity contribution < 1.29 is 92.2 Å². The van der Waals surface area contributed by atoms with Crippen LogP contribution < -0.4 is 20.0 Å². The molecule has 8 aromatic heterocycles. The Morgan fingerprint density at radius 2 is 0.719 bits per heavy atom. The Kier molecular flexibility index (Phi) is 31.8. The molecule has 2 N–H and O–H groups in total. The Morgan fingerprint density at radius 1 is 0.400 bits per heavy atom. The van der Waals surface area contributed by atoms with E-state index in [1.54, 1.807) is 94.6 Å². The number of nitrogens with zero attached hydrogens (tertiary/aromatic N) is 19. The number of nitrogens with one attached hydrogen (secondary N) is 1. The number of carbonyl (C=O) groups is 3. The Balaban J connectivity index is 0.000000153. The van der Waals surface area contributed by atoms with Gasteiger partial charge >= 0.3 is 18.3 Å². The van der Waals surface area contributed by atoms with E-state index in [9.17, 15) is 59.0 Å². The van der Waals surface area contributed by atoms with Crippen LogP contribution in [0.15, 0.2) is 60.7 Å². The first-order valence-corrected chi connectivity index (χ1v) is 46.5. The molecule has 8 aliphatic rings. The van der Waals surface area contributed by atoms with Gasteiger partial charge in [0, 0.05) is 142 Å². The van der Waals surface area contributed by atoms with E-state index in [4.69, 9.17) is 48.1 Å². The lowest BCUT2D eigenvalue weighted by Gasteiger charge is -2.37. The predicted octanol–water partition coefficient (Wildman–Crippen LogP) is 19.4. The third-order valence-electron chi connectivity index (χ3n) is 24.2. The molecule has 0 unspecified atom stereocenters. The second-order valence-corrected chi connectivity index (χ2v) is 39.4. The van der Waals surface area contributed by atoms with Gasteiger partial charge in [0.15, 0.2) is 0 Å². The van der Waals surface area contributed by atoms with Gasteiger partial charge in [0.1, 0.15) is 46.2 Å². The molecule has 2 saturated heterocycles. The van der Waals surface area contributed by atoms with Crippen LogP contribution in [0.1, 0.15) is 271 Å². The number of aliphatic hydroxyl groups is 1. The number of halogens is 9. The van der Waals surface area contributed by atoms with Crippen LogP contribution in [0.25, 0.3) is 34.9 Å². The molecule has 16 rings (SSSR count). The lowest BCUT2D eigenvalue weighted by atomic mass is 9.91. The van der Waals surface area contributed by atoms with Gasteiger partial charge in [-0.05, 0) is 224 Å². The molecule has 31 nitrogen and oxygen atoms in total. The lowest BCUT2D eigenvalue weighted by Crippen LogP contribution is -2.47. The molecule has 40 heteroatoms. The summed E-state index contributed by atoms with van der Waals surface area (Å²) in [4.78, 5) is 81.8. The van der Waals surface area contributed by atoms with Gasteiger partial charge in [0.05, 0.1) is 103 Å². The van der Waals surface area contributed by atoms with E-state index in [1.165, 1.54) is 19.4 Å². The number of alkyl halides is 9. The average Bonchev–Trinajstić information content (AvgIpc) is 1.76. The van der Waals surface area contributed by atoms with E-state index >= 15 is 0 Å². The average molecular weight is 1900 g/mol. The third-order valence-corrected chi connectivity index (χ3v) is 24.2. The van der Waals surface area contributed by atoms with Crippen molar-refractivity contribution in [1.29, 1.82) is 0 Å². The fourth-order valence-corrected chi connectivity index (χ4v) is 17.5. The molecule has 0 aromatic carbocycles. The van der Waals surface area contributed by atoms with Crippen LogP contribution in [0.3, 0.4) is 0 Å². The summed E-state index contributed by atoms with van der Waals surface area (Å²) in [6, 6.07) is 12.8. The van der Waals surface area contributed by atoms with Gasteiger partial charge in [0.25, 0.3) is 23.8 Å². The largest absolute Gasteiger partial charge is 0.443 e. The fraction of sp³-hybridized carbons (Fsp3) is 0.632. The molecule has 736 valence electrons. The molecule has 4 atom stereocenters. The second-order valence-electron chi connectivity index (χ2n) is 39.4. The van der Waals surface area contributed by atoms with E-state index in [0.29, 0.717) is 99.5 Å². The summed E-state index contributed by atoms with van der Waals surface area (Å²) >= 11 is 0. The summed E-state index contributed by atoms with van der Waals surface area (Å²) in [5.41, 5.74) is 8.26. The van der Waals surface area contributed by atoms with Gasteiger partial charge in [-0.15, -0.1) is 0 Å². The van der Waals surface area contributed by atoms with Crippen molar-refractivity contribution in [1.82, 2.24) is 79.0 Å². The van der Waals surface area contributed by atoms with Crippen molar-refractivity contribution in [2.75, 3.05) is 72.9 Å². The smallest absolute Gasteiger partial charge is 0.416 e. The van der Waals surface area contributed by atoms with Gasteiger partial charge in [0.2, 0.25) is 23.7 Å². The predicted molar refractivity (Wildman–Crippen MR) is 487 cm³/mol. The number of anilines is 4. The summed E-state index contributed by atoms with van der Waals surface area (Å²) in [5, 5.41) is 32.0. The first-order chi connectivity index (χ1) is 63.5. The van der Waals surface area contributed by atoms with Crippen LogP contribution in [-0.2, 0) is 33.2 Å². The van der Waals surface area contributed by atoms with Crippen molar-refractivity contribution >= 4 is 52.7 Å². The quantitative estimate of drug-likeness (QED) is 0.0670. The maximum absolute atomic E-state index is 15.0. The zero-order chi connectivity index (χ0) is 97.6. The van der Waals surface area contributed by atoms with Crippen molar-refractivity contribution in [2.24, 2.45) is 0 Å². The van der Waals surface area contributed by atoms with Gasteiger partial charge in [-0.25, -0.2) is 92.6 Å². The van der Waals surface area contributed by atoms with E-state index in [0.717, 1.165) is 75.2 Å². The van der Waals surface area contributed by atoms with Gasteiger partial charge in [-0.1, -0.05) is 12.2 Å². The summed E-state index contributed by atoms with van der Waals surface area (Å²) in [6.45, 7) is 34.2. The Morgan fingerprint density at radius 3 is 1.04 bits per heavy atom. The minimum atomic E-state index is -2.78. The maximum atomic E-state index is 15.0. The van der Waals surface area contributed by atoms with Crippen LogP contribution in [0.2, 0.25) is 0 Å². The summed E-state index contributed by atoms with van der Waals surface area (Å²) in [6.07, 6.45) is 2.02. The van der Waals surface area contributed by atoms with Gasteiger partial charge in [-0.3, -0.25) is 14.7 Å². The number of aromatic nitrogens is 16. The van der Waals surface area contributed by atoms with E-state index in [2.05, 4.69) is 62.8 Å². The molecule has 4 saturated carbocycles. The lowest BCUT2D eigenvalue weighted by molar-refractivity contribution is -0.0392. The standard InChI is InChI=1S/C25H34F3N5O3.C25H35F2N5O4.C25H33F2N5O3.C20H25F2N5O/c1-15-12-16(2)33(31-15)22-29-20(18-14-35-11-8-19(18)26)13-21(30-22)32(23(34)36-24(3,4)5)17-6-9-25(27,28)10-7-17;1-15-12-16(2)32(30-15)22-28-19(18-14-35-11-8-20(18)33)13-21(29-22)31(23(34)36-24(3,4)5)17-6-9-25(26,27)10-7-17;1-16-13-17(2)32(30-16)22-28-20(18-7-6-12-34-15-18)14-21(29-22)31(23(33)35-24(3,4)5)19-8-10-25(26,27)11-9-19;1-13-10-14(2)27(26-13)19-24-17(15-4-3-9-28-12-15)11-18(25-19)23-16-5-7-20(21,22)8-6-16/h12-13,17-19H,6-11,14H2,1-5H3;12-13,17-18,20,33H,6-11,14H2,1-5H3;7,13-14,19H,6,8-12,15H2,1-5H3;4,10-11,16H,3,5-9,12H2,1-2H3,(H,23,24,25)/t18-,19+;18-,20-;;/m01../s1. The minimum Gasteiger partial charge on any atom is -0.443 e. The molecule has 3 amide bonds. The molecule has 4 aliphatic carbocycles. The summed E-state index contributed by atoms with van der Waals surface area (Å²) < 4.78 is 172. The fourth-order valence-electron chi connectivity index (χ4n) is 17.5. The topological polar surface area (TPSA) is 332 Å². The van der Waals surface area contributed by atoms with Gasteiger partial charge < -0.3 is 43.6 Å². The third kappa shape index (κ3) is 27.2. The number of aliphatic hydroxyl groups excluding tert-OH is 1. The monoisotopic (exact) mass is 1890 g/mol. The SMILES string of the molecule is Cc1cc(C)n(-c2nc(C3=CCCOC3)cc(N(C(=O)OC(C)(C)C)C3CCC(F)(F)CC3)n2)n1.Cc1cc(C)n(-c2nc(NC3CCC(F)(F)CC3)cc(C3=CCCOC3)n2)n1.Cc1cc(C)n(-c2nc([C@H]3COCC[C@H]3F)cc(N(C(=O)OC(C)(C)C)C3CCC(F)(F)CC3)n2)n1.Cc1cc(C)n(-c2nc([C@H]3COCC[C@H]3O)cc(N(C(=O)OC(C)(C)C)C3CCC(F)(F)CC3)n2)n1. The summed E-state index contributed by atoms with van der Waals surface area (Å²) in [7, 11) is 0. The van der Waals surface area contributed by atoms with Crippen LogP contribution in [0, 0.1) is 55.4 Å². The van der Waals surface area contributed by atoms with Crippen LogP contribution in [-0.4, -0.2) is 232 Å². The first-order valence-electron chi connectivity index (χ1n) is 46.5. The first kappa shape index (κ1) is 102. The van der Waals surface area contributed by atoms with Crippen molar-refractivity contribution in [3.63, 3.8) is 0 Å². The molecule has 8 aromatic rings. The Labute approximate surface area is 780 Å². The van der Waals surface area contributed by atoms with Crippen LogP contribution in [0.5, 0.6) is 0 Å². The number of hydrogen-bond donors (Lipinski definition) is 2. The highest BCUT2D eigenvalue weighted by Gasteiger charge is 2.46. The molecular formula is C95H127F9N20O11. The molecule has 6 fully saturated rings. The molecule has 12 heterocycles. The highest BCUT2D eigenvalue weighted by molar-refractivity contribution is 5.89. The Hall–Kier alpha value is -10.6. The van der Waals surface area contributed by atoms with Crippen LogP contribution in [0.4, 0.5) is 77.2 Å². The van der Waals surface area contributed by atoms with E-state index in [1.807, 2.05) is 85.7 Å². The number of ether oxygens (including phenoxy) is 7. The Bertz CT molecular complexity index is 5330. The molecule has 135 heavy (non-hydrogen) atoms.